The molecule has 4 aliphatic heterocycles. The van der Waals surface area contributed by atoms with Crippen LogP contribution in [0.25, 0.3) is 0 Å². The highest BCUT2D eigenvalue weighted by atomic mass is 19.1. The summed E-state index contributed by atoms with van der Waals surface area (Å²) in [5.74, 6) is 0.261. The summed E-state index contributed by atoms with van der Waals surface area (Å²) in [6.45, 7) is 11.5. The fourth-order valence-electron chi connectivity index (χ4n) is 7.38. The van der Waals surface area contributed by atoms with Gasteiger partial charge in [-0.3, -0.25) is 9.69 Å². The number of amides is 1. The molecule has 1 unspecified atom stereocenters. The predicted octanol–water partition coefficient (Wildman–Crippen LogP) is 2.92. The van der Waals surface area contributed by atoms with Crippen molar-refractivity contribution in [3.63, 3.8) is 0 Å². The number of alkyl halides is 1. The van der Waals surface area contributed by atoms with Crippen LogP contribution in [0.5, 0.6) is 0 Å². The largest absolute Gasteiger partial charge is 0.494 e. The maximum absolute atomic E-state index is 14.6. The third kappa shape index (κ3) is 3.20. The molecular formula is C28H39BFN3O3. The molecule has 194 valence electrons. The summed E-state index contributed by atoms with van der Waals surface area (Å²) in [6.07, 6.45) is 4.94. The SMILES string of the molecule is CC1(C)OB(c2ccc3c(c2)N(C2CC(N4CC(F)C5(CC5)C4)C2)C(=O)C32CCNCC2)OC1(C)C. The molecule has 0 aromatic heterocycles. The molecule has 1 amide bonds. The van der Waals surface area contributed by atoms with Crippen LogP contribution >= 0.6 is 0 Å². The number of hydrogen-bond acceptors (Lipinski definition) is 5. The second kappa shape index (κ2) is 7.55. The molecule has 1 N–H and O–H groups in total. The van der Waals surface area contributed by atoms with Crippen molar-refractivity contribution < 1.29 is 18.5 Å². The van der Waals surface area contributed by atoms with E-state index in [1.165, 1.54) is 5.56 Å². The number of nitrogens with one attached hydrogen (secondary N) is 1. The molecule has 1 atom stereocenters. The summed E-state index contributed by atoms with van der Waals surface area (Å²) < 4.78 is 27.3. The normalized spacial score (nSPS) is 35.5. The van der Waals surface area contributed by atoms with Crippen LogP contribution in [0.1, 0.15) is 71.8 Å². The Balaban J connectivity index is 1.18. The van der Waals surface area contributed by atoms with E-state index in [4.69, 9.17) is 9.31 Å². The van der Waals surface area contributed by atoms with Gasteiger partial charge in [-0.15, -0.1) is 0 Å². The lowest BCUT2D eigenvalue weighted by Crippen LogP contribution is -2.57. The minimum absolute atomic E-state index is 0.0436. The minimum Gasteiger partial charge on any atom is -0.399 e. The Hall–Kier alpha value is -1.48. The lowest BCUT2D eigenvalue weighted by Gasteiger charge is -2.46. The van der Waals surface area contributed by atoms with Crippen molar-refractivity contribution in [2.24, 2.45) is 5.41 Å². The number of nitrogens with zero attached hydrogens (tertiary/aromatic N) is 2. The fourth-order valence-corrected chi connectivity index (χ4v) is 7.38. The molecule has 1 aromatic carbocycles. The first-order valence-corrected chi connectivity index (χ1v) is 14.0. The van der Waals surface area contributed by atoms with Gasteiger partial charge in [0.1, 0.15) is 6.17 Å². The lowest BCUT2D eigenvalue weighted by atomic mass is 9.72. The second-order valence-corrected chi connectivity index (χ2v) is 13.4. The summed E-state index contributed by atoms with van der Waals surface area (Å²) in [6, 6.07) is 7.00. The number of anilines is 1. The first kappa shape index (κ1) is 23.6. The van der Waals surface area contributed by atoms with Crippen molar-refractivity contribution >= 4 is 24.2 Å². The highest BCUT2D eigenvalue weighted by Gasteiger charge is 2.60. The Bertz CT molecular complexity index is 1080. The molecular weight excluding hydrogens is 456 g/mol. The van der Waals surface area contributed by atoms with Crippen LogP contribution < -0.4 is 15.7 Å². The van der Waals surface area contributed by atoms with E-state index in [-0.39, 0.29) is 17.4 Å². The van der Waals surface area contributed by atoms with Gasteiger partial charge >= 0.3 is 7.12 Å². The van der Waals surface area contributed by atoms with Gasteiger partial charge < -0.3 is 19.5 Å². The van der Waals surface area contributed by atoms with Crippen molar-refractivity contribution in [1.82, 2.24) is 10.2 Å². The van der Waals surface area contributed by atoms with Crippen molar-refractivity contribution in [3.8, 4) is 0 Å². The zero-order valence-electron chi connectivity index (χ0n) is 22.1. The molecule has 6 nitrogen and oxygen atoms in total. The second-order valence-electron chi connectivity index (χ2n) is 13.4. The van der Waals surface area contributed by atoms with E-state index in [1.54, 1.807) is 0 Å². The number of benzene rings is 1. The topological polar surface area (TPSA) is 54.0 Å². The molecule has 6 aliphatic rings. The summed E-state index contributed by atoms with van der Waals surface area (Å²) >= 11 is 0. The maximum Gasteiger partial charge on any atom is 0.494 e. The van der Waals surface area contributed by atoms with E-state index in [9.17, 15) is 9.18 Å². The molecule has 4 heterocycles. The third-order valence-corrected chi connectivity index (χ3v) is 10.8. The quantitative estimate of drug-likeness (QED) is 0.654. The Kier molecular flexibility index (Phi) is 4.96. The first-order chi connectivity index (χ1) is 17.1. The van der Waals surface area contributed by atoms with Crippen molar-refractivity contribution in [2.45, 2.75) is 101 Å². The van der Waals surface area contributed by atoms with Crippen LogP contribution in [0, 0.1) is 5.41 Å². The van der Waals surface area contributed by atoms with Crippen molar-refractivity contribution in [1.29, 1.82) is 0 Å². The van der Waals surface area contributed by atoms with E-state index < -0.39 is 29.9 Å². The number of likely N-dealkylation sites (tertiary alicyclic amines) is 1. The number of hydrogen-bond donors (Lipinski definition) is 1. The van der Waals surface area contributed by atoms with Crippen LogP contribution in [-0.2, 0) is 19.5 Å². The average Bonchev–Trinajstić information content (AvgIpc) is 3.41. The molecule has 0 bridgehead atoms. The van der Waals surface area contributed by atoms with E-state index in [0.717, 1.165) is 69.3 Å². The molecule has 5 fully saturated rings. The van der Waals surface area contributed by atoms with Gasteiger partial charge in [-0.25, -0.2) is 4.39 Å². The number of carbonyl (C=O) groups excluding carboxylic acids is 1. The molecule has 1 aromatic rings. The predicted molar refractivity (Wildman–Crippen MR) is 138 cm³/mol. The highest BCUT2D eigenvalue weighted by Crippen LogP contribution is 2.56. The molecule has 3 saturated heterocycles. The van der Waals surface area contributed by atoms with Gasteiger partial charge in [0.15, 0.2) is 0 Å². The number of halogens is 1. The van der Waals surface area contributed by atoms with Gasteiger partial charge in [0.25, 0.3) is 0 Å². The first-order valence-electron chi connectivity index (χ1n) is 14.0. The van der Waals surface area contributed by atoms with E-state index in [0.29, 0.717) is 12.6 Å². The van der Waals surface area contributed by atoms with Gasteiger partial charge in [-0.1, -0.05) is 12.1 Å². The Morgan fingerprint density at radius 3 is 2.28 bits per heavy atom. The van der Waals surface area contributed by atoms with E-state index >= 15 is 0 Å². The van der Waals surface area contributed by atoms with Crippen molar-refractivity contribution in [3.05, 3.63) is 23.8 Å². The molecule has 8 heteroatoms. The van der Waals surface area contributed by atoms with Crippen LogP contribution in [-0.4, -0.2) is 73.6 Å². The molecule has 2 aliphatic carbocycles. The smallest absolute Gasteiger partial charge is 0.399 e. The molecule has 2 saturated carbocycles. The number of fused-ring (bicyclic) bond motifs is 2. The highest BCUT2D eigenvalue weighted by molar-refractivity contribution is 6.62. The molecule has 36 heavy (non-hydrogen) atoms. The molecule has 0 radical (unpaired) electrons. The minimum atomic E-state index is -0.675. The Morgan fingerprint density at radius 1 is 1.00 bits per heavy atom. The molecule has 2 spiro atoms. The Labute approximate surface area is 214 Å². The maximum atomic E-state index is 14.6. The zero-order valence-corrected chi connectivity index (χ0v) is 22.1. The zero-order chi connectivity index (χ0) is 25.1. The van der Waals surface area contributed by atoms with Crippen LogP contribution in [0.3, 0.4) is 0 Å². The summed E-state index contributed by atoms with van der Waals surface area (Å²) in [7, 11) is -0.447. The number of carbonyl (C=O) groups is 1. The van der Waals surface area contributed by atoms with Gasteiger partial charge in [-0.2, -0.15) is 0 Å². The van der Waals surface area contributed by atoms with E-state index in [2.05, 4.69) is 61.0 Å². The van der Waals surface area contributed by atoms with Crippen molar-refractivity contribution in [2.75, 3.05) is 31.1 Å². The van der Waals surface area contributed by atoms with Crippen LogP contribution in [0.2, 0.25) is 0 Å². The summed E-state index contributed by atoms with van der Waals surface area (Å²) in [4.78, 5) is 18.7. The lowest BCUT2D eigenvalue weighted by molar-refractivity contribution is -0.125. The summed E-state index contributed by atoms with van der Waals surface area (Å²) in [5, 5.41) is 3.44. The van der Waals surface area contributed by atoms with Gasteiger partial charge in [0.05, 0.1) is 16.6 Å². The van der Waals surface area contributed by atoms with Gasteiger partial charge in [0, 0.05) is 36.3 Å². The molecule has 7 rings (SSSR count). The standard InChI is InChI=1S/C28H39BFN3O3/c1-25(2)26(3,4)36-29(35-25)18-5-6-21-22(13-18)33(24(34)28(21)9-11-31-12-10-28)20-14-19(15-20)32-16-23(30)27(17-32)7-8-27/h5-6,13,19-20,23,31H,7-12,14-17H2,1-4H3. The van der Waals surface area contributed by atoms with Crippen LogP contribution in [0.15, 0.2) is 18.2 Å². The Morgan fingerprint density at radius 2 is 1.67 bits per heavy atom. The van der Waals surface area contributed by atoms with E-state index in [1.807, 2.05) is 0 Å². The van der Waals surface area contributed by atoms with Gasteiger partial charge in [0.2, 0.25) is 5.91 Å². The van der Waals surface area contributed by atoms with Crippen LogP contribution in [0.4, 0.5) is 10.1 Å². The third-order valence-electron chi connectivity index (χ3n) is 10.8. The average molecular weight is 495 g/mol. The summed E-state index contributed by atoms with van der Waals surface area (Å²) in [5.41, 5.74) is 1.88. The monoisotopic (exact) mass is 495 g/mol. The fraction of sp³-hybridized carbons (Fsp3) is 0.750. The number of piperidine rings is 1. The van der Waals surface area contributed by atoms with Gasteiger partial charge in [-0.05, 0) is 96.4 Å². The number of rotatable bonds is 3.